The van der Waals surface area contributed by atoms with E-state index in [9.17, 15) is 59.9 Å². The molecule has 1 aliphatic carbocycles. The molecule has 9 N–H and O–H groups in total. The zero-order valence-electron chi connectivity index (χ0n) is 37.0. The SMILES string of the molecule is CCCCCC/C=C\CCCCCCCC(=O)O[C@@H]1COC(=O)CCCC=CC[C@@H]2[C@@H](O)[C@H](O)[C@@H](O)[C@H](OP(=O)(O)OC1)[C@H](O)[C@H](O)[C@@H](C=C[C@@H](O)CCCCC)[C@H](O)C[C@@H]2O. The predicted molar refractivity (Wildman–Crippen MR) is 232 cm³/mol. The number of fused-ring (bicyclic) bond motifs is 4. The Kier molecular flexibility index (Phi) is 28.7. The van der Waals surface area contributed by atoms with Gasteiger partial charge in [-0.1, -0.05) is 108 Å². The van der Waals surface area contributed by atoms with Gasteiger partial charge in [-0.3, -0.25) is 18.6 Å². The minimum absolute atomic E-state index is 0.0210. The van der Waals surface area contributed by atoms with Crippen LogP contribution in [-0.4, -0.2) is 132 Å². The van der Waals surface area contributed by atoms with Crippen LogP contribution in [0.4, 0.5) is 0 Å². The number of unbranched alkanes of at least 4 members (excludes halogenated alkanes) is 11. The van der Waals surface area contributed by atoms with Crippen LogP contribution in [0.25, 0.3) is 0 Å². The van der Waals surface area contributed by atoms with Gasteiger partial charge in [0.05, 0.1) is 37.1 Å². The molecule has 0 saturated heterocycles. The van der Waals surface area contributed by atoms with E-state index >= 15 is 0 Å². The molecule has 0 spiro atoms. The van der Waals surface area contributed by atoms with Crippen molar-refractivity contribution in [3.8, 4) is 0 Å². The average molecular weight is 907 g/mol. The lowest BCUT2D eigenvalue weighted by molar-refractivity contribution is -0.167. The molecule has 1 fully saturated rings. The van der Waals surface area contributed by atoms with Crippen molar-refractivity contribution in [2.24, 2.45) is 11.8 Å². The maximum atomic E-state index is 13.5. The Balaban J connectivity index is 2.27. The molecule has 62 heavy (non-hydrogen) atoms. The Labute approximate surface area is 368 Å². The molecule has 0 aromatic rings. The summed E-state index contributed by atoms with van der Waals surface area (Å²) in [6.45, 7) is 2.79. The predicted octanol–water partition coefficient (Wildman–Crippen LogP) is 4.99. The zero-order valence-corrected chi connectivity index (χ0v) is 37.9. The number of phosphoric ester groups is 1. The van der Waals surface area contributed by atoms with Crippen molar-refractivity contribution >= 4 is 19.8 Å². The number of esters is 2. The van der Waals surface area contributed by atoms with Crippen LogP contribution in [0.3, 0.4) is 0 Å². The Morgan fingerprint density at radius 3 is 2.13 bits per heavy atom. The number of hydrogen-bond acceptors (Lipinski definition) is 15. The van der Waals surface area contributed by atoms with Crippen molar-refractivity contribution in [3.05, 3.63) is 36.5 Å². The summed E-state index contributed by atoms with van der Waals surface area (Å²) in [5.41, 5.74) is 0. The van der Waals surface area contributed by atoms with Crippen LogP contribution >= 0.6 is 7.82 Å². The molecular formula is C45H79O16P. The van der Waals surface area contributed by atoms with Gasteiger partial charge < -0.3 is 55.2 Å². The smallest absolute Gasteiger partial charge is 0.462 e. The molecule has 16 nitrogen and oxygen atoms in total. The number of allylic oxidation sites excluding steroid dienone is 4. The summed E-state index contributed by atoms with van der Waals surface area (Å²) in [5, 5.41) is 90.0. The van der Waals surface area contributed by atoms with Gasteiger partial charge in [0.25, 0.3) is 0 Å². The summed E-state index contributed by atoms with van der Waals surface area (Å²) in [6.07, 6.45) is 5.30. The third-order valence-electron chi connectivity index (χ3n) is 11.5. The Bertz CT molecular complexity index is 1360. The van der Waals surface area contributed by atoms with Crippen molar-refractivity contribution in [3.63, 3.8) is 0 Å². The molecule has 2 bridgehead atoms. The molecule has 2 rings (SSSR count). The second-order valence-electron chi connectivity index (χ2n) is 16.9. The Hall–Kier alpha value is -2.05. The van der Waals surface area contributed by atoms with Gasteiger partial charge in [0.15, 0.2) is 6.10 Å². The quantitative estimate of drug-likeness (QED) is 0.0337. The number of cyclic esters (lactones) is 1. The molecule has 0 aromatic carbocycles. The maximum absolute atomic E-state index is 13.5. The lowest BCUT2D eigenvalue weighted by Crippen LogP contribution is -2.55. The lowest BCUT2D eigenvalue weighted by Gasteiger charge is -2.37. The number of carbonyl (C=O) groups excluding carboxylic acids is 2. The first-order valence-corrected chi connectivity index (χ1v) is 24.5. The molecule has 1 saturated carbocycles. The Morgan fingerprint density at radius 2 is 1.44 bits per heavy atom. The normalized spacial score (nSPS) is 33.1. The fraction of sp³-hybridized carbons (Fsp3) is 0.822. The molecule has 13 atom stereocenters. The van der Waals surface area contributed by atoms with Crippen molar-refractivity contribution < 1.29 is 78.4 Å². The fourth-order valence-corrected chi connectivity index (χ4v) is 8.60. The van der Waals surface area contributed by atoms with Crippen LogP contribution in [0.2, 0.25) is 0 Å². The van der Waals surface area contributed by atoms with Crippen LogP contribution < -0.4 is 0 Å². The van der Waals surface area contributed by atoms with E-state index in [2.05, 4.69) is 19.1 Å². The zero-order chi connectivity index (χ0) is 45.9. The summed E-state index contributed by atoms with van der Waals surface area (Å²) in [4.78, 5) is 36.4. The second kappa shape index (κ2) is 31.8. The van der Waals surface area contributed by atoms with E-state index in [1.54, 1.807) is 12.2 Å². The van der Waals surface area contributed by atoms with E-state index in [-0.39, 0.29) is 19.3 Å². The number of rotatable bonds is 20. The van der Waals surface area contributed by atoms with E-state index in [4.69, 9.17) is 18.5 Å². The average Bonchev–Trinajstić information content (AvgIpc) is 3.23. The van der Waals surface area contributed by atoms with Crippen molar-refractivity contribution in [2.45, 2.75) is 210 Å². The number of aliphatic hydroxyl groups excluding tert-OH is 8. The molecule has 2 aliphatic rings. The molecule has 1 aliphatic heterocycles. The van der Waals surface area contributed by atoms with Gasteiger partial charge in [0.1, 0.15) is 31.0 Å². The topological polar surface area (TPSA) is 270 Å². The molecule has 0 aromatic heterocycles. The van der Waals surface area contributed by atoms with Crippen molar-refractivity contribution in [1.82, 2.24) is 0 Å². The van der Waals surface area contributed by atoms with Gasteiger partial charge in [0.2, 0.25) is 0 Å². The monoisotopic (exact) mass is 907 g/mol. The third-order valence-corrected chi connectivity index (χ3v) is 12.5. The highest BCUT2D eigenvalue weighted by Crippen LogP contribution is 2.47. The van der Waals surface area contributed by atoms with Gasteiger partial charge in [-0.05, 0) is 57.8 Å². The van der Waals surface area contributed by atoms with E-state index in [1.165, 1.54) is 37.8 Å². The van der Waals surface area contributed by atoms with E-state index in [0.717, 1.165) is 51.4 Å². The Morgan fingerprint density at radius 1 is 0.806 bits per heavy atom. The molecule has 1 unspecified atom stereocenters. The van der Waals surface area contributed by atoms with Crippen LogP contribution in [0.5, 0.6) is 0 Å². The van der Waals surface area contributed by atoms with Gasteiger partial charge in [-0.2, -0.15) is 0 Å². The largest absolute Gasteiger partial charge is 0.472 e. The number of hydrogen-bond donors (Lipinski definition) is 9. The van der Waals surface area contributed by atoms with Gasteiger partial charge >= 0.3 is 19.8 Å². The van der Waals surface area contributed by atoms with E-state index < -0.39 is 112 Å². The van der Waals surface area contributed by atoms with E-state index in [1.807, 2.05) is 6.92 Å². The molecule has 0 amide bonds. The first-order chi connectivity index (χ1) is 29.6. The first kappa shape index (κ1) is 56.1. The summed E-state index contributed by atoms with van der Waals surface area (Å²) in [5.74, 6) is -4.05. The highest BCUT2D eigenvalue weighted by atomic mass is 31.2. The summed E-state index contributed by atoms with van der Waals surface area (Å²) in [6, 6.07) is 0. The van der Waals surface area contributed by atoms with Crippen LogP contribution in [0.15, 0.2) is 36.5 Å². The lowest BCUT2D eigenvalue weighted by atomic mass is 9.83. The van der Waals surface area contributed by atoms with Crippen LogP contribution in [-0.2, 0) is 32.7 Å². The van der Waals surface area contributed by atoms with Crippen molar-refractivity contribution in [2.75, 3.05) is 13.2 Å². The first-order valence-electron chi connectivity index (χ1n) is 23.0. The maximum Gasteiger partial charge on any atom is 0.472 e. The summed E-state index contributed by atoms with van der Waals surface area (Å²) < 4.78 is 34.7. The summed E-state index contributed by atoms with van der Waals surface area (Å²) >= 11 is 0. The number of carbonyl (C=O) groups is 2. The molecule has 0 radical (unpaired) electrons. The standard InChI is InChI=1S/C45H79O16P/c1-3-5-7-8-9-10-11-12-13-14-15-16-22-26-39(50)60-33-30-58-38(49)25-21-18-17-20-24-34-36(47)29-37(48)35(28-27-32(46)23-19-6-4-2)41(52)43(54)45(44(55)42(53)40(34)51)61-62(56,57)59-31-33/h10-11,17,20,27-28,32-37,40-48,51-55H,3-9,12-16,18-19,21-26,29-31H2,1-2H3,(H,56,57)/b11-10-,20-17?,28-27?/t32-,33+,34-,35-,36-,37+,40+,41+,42-,43+,44+,45+/m0/s1. The van der Waals surface area contributed by atoms with Crippen molar-refractivity contribution in [1.29, 1.82) is 0 Å². The molecule has 360 valence electrons. The molecule has 1 heterocycles. The molecule has 17 heteroatoms. The van der Waals surface area contributed by atoms with Gasteiger partial charge in [-0.25, -0.2) is 4.57 Å². The van der Waals surface area contributed by atoms with Crippen LogP contribution in [0.1, 0.15) is 149 Å². The summed E-state index contributed by atoms with van der Waals surface area (Å²) in [7, 11) is -5.44. The van der Waals surface area contributed by atoms with Gasteiger partial charge in [-0.15, -0.1) is 0 Å². The minimum atomic E-state index is -5.44. The number of ether oxygens (including phenoxy) is 2. The fourth-order valence-electron chi connectivity index (χ4n) is 7.63. The van der Waals surface area contributed by atoms with Gasteiger partial charge in [0, 0.05) is 31.1 Å². The highest BCUT2D eigenvalue weighted by Gasteiger charge is 2.49. The second-order valence-corrected chi connectivity index (χ2v) is 18.3. The number of phosphoric acid groups is 1. The third kappa shape index (κ3) is 22.2. The number of aliphatic hydroxyl groups is 8. The molecular weight excluding hydrogens is 827 g/mol. The highest BCUT2D eigenvalue weighted by molar-refractivity contribution is 7.47. The van der Waals surface area contributed by atoms with Crippen LogP contribution in [0, 0.1) is 11.8 Å². The van der Waals surface area contributed by atoms with E-state index in [0.29, 0.717) is 32.1 Å². The minimum Gasteiger partial charge on any atom is -0.462 e.